The smallest absolute Gasteiger partial charge is 0.236 e. The van der Waals surface area contributed by atoms with Crippen LogP contribution in [0.3, 0.4) is 0 Å². The van der Waals surface area contributed by atoms with Gasteiger partial charge in [0, 0.05) is 19.1 Å². The van der Waals surface area contributed by atoms with Gasteiger partial charge in [-0.1, -0.05) is 12.1 Å². The molecule has 1 heterocycles. The fraction of sp³-hybridized carbons (Fsp3) is 0.611. The molecule has 1 aliphatic heterocycles. The van der Waals surface area contributed by atoms with Crippen LogP contribution in [0.2, 0.25) is 0 Å². The third-order valence-electron chi connectivity index (χ3n) is 4.00. The Kier molecular flexibility index (Phi) is 6.42. The van der Waals surface area contributed by atoms with Crippen molar-refractivity contribution in [2.45, 2.75) is 45.9 Å². The van der Waals surface area contributed by atoms with Crippen molar-refractivity contribution in [2.75, 3.05) is 26.2 Å². The molecule has 0 saturated carbocycles. The van der Waals surface area contributed by atoms with Gasteiger partial charge in [-0.25, -0.2) is 0 Å². The lowest BCUT2D eigenvalue weighted by molar-refractivity contribution is -0.142. The largest absolute Gasteiger partial charge is 0.494 e. The molecule has 1 fully saturated rings. The summed E-state index contributed by atoms with van der Waals surface area (Å²) in [4.78, 5) is 14.3. The van der Waals surface area contributed by atoms with Crippen molar-refractivity contribution in [1.82, 2.24) is 10.2 Å². The highest BCUT2D eigenvalue weighted by atomic mass is 16.5. The van der Waals surface area contributed by atoms with E-state index >= 15 is 0 Å². The van der Waals surface area contributed by atoms with Gasteiger partial charge in [0.2, 0.25) is 5.91 Å². The molecule has 0 aliphatic carbocycles. The molecule has 5 heteroatoms. The zero-order valence-electron chi connectivity index (χ0n) is 14.5. The number of nitrogens with one attached hydrogen (secondary N) is 1. The zero-order chi connectivity index (χ0) is 16.8. The van der Waals surface area contributed by atoms with E-state index in [-0.39, 0.29) is 24.2 Å². The second kappa shape index (κ2) is 8.31. The van der Waals surface area contributed by atoms with E-state index in [2.05, 4.69) is 12.2 Å². The van der Waals surface area contributed by atoms with Gasteiger partial charge >= 0.3 is 0 Å². The molecule has 1 saturated heterocycles. The van der Waals surface area contributed by atoms with Crippen LogP contribution in [-0.4, -0.2) is 49.3 Å². The lowest BCUT2D eigenvalue weighted by Gasteiger charge is -2.35. The Morgan fingerprint density at radius 3 is 2.74 bits per heavy atom. The molecular formula is C18H28N2O3. The van der Waals surface area contributed by atoms with Crippen molar-refractivity contribution >= 4 is 5.91 Å². The minimum absolute atomic E-state index is 0.0928. The fourth-order valence-electron chi connectivity index (χ4n) is 2.89. The van der Waals surface area contributed by atoms with Crippen molar-refractivity contribution in [1.29, 1.82) is 0 Å². The average Bonchev–Trinajstić information content (AvgIpc) is 2.52. The van der Waals surface area contributed by atoms with Crippen LogP contribution in [0.5, 0.6) is 5.75 Å². The zero-order valence-corrected chi connectivity index (χ0v) is 14.5. The number of hydrogen-bond donors (Lipinski definition) is 1. The van der Waals surface area contributed by atoms with Crippen LogP contribution < -0.4 is 10.1 Å². The number of hydrogen-bond acceptors (Lipinski definition) is 4. The number of morpholine rings is 1. The number of benzene rings is 1. The van der Waals surface area contributed by atoms with Gasteiger partial charge in [0.1, 0.15) is 5.75 Å². The molecule has 5 nitrogen and oxygen atoms in total. The standard InChI is InChI=1S/C18H28N2O3/c1-5-22-17-8-6-7-16(9-17)15(4)19-10-18(21)20-11-13(2)23-14(3)12-20/h6-9,13-15,19H,5,10-12H2,1-4H3/t13-,14-,15+/m1/s1. The number of carbonyl (C=O) groups excluding carboxylic acids is 1. The van der Waals surface area contributed by atoms with E-state index in [0.29, 0.717) is 26.2 Å². The maximum Gasteiger partial charge on any atom is 0.236 e. The Morgan fingerprint density at radius 1 is 1.39 bits per heavy atom. The molecule has 1 aliphatic rings. The summed E-state index contributed by atoms with van der Waals surface area (Å²) >= 11 is 0. The minimum atomic E-state index is 0.0928. The highest BCUT2D eigenvalue weighted by Gasteiger charge is 2.25. The van der Waals surface area contributed by atoms with E-state index in [9.17, 15) is 4.79 Å². The van der Waals surface area contributed by atoms with Crippen molar-refractivity contribution in [3.63, 3.8) is 0 Å². The van der Waals surface area contributed by atoms with Gasteiger partial charge in [0.05, 0.1) is 25.4 Å². The van der Waals surface area contributed by atoms with Gasteiger partial charge in [0.15, 0.2) is 0 Å². The van der Waals surface area contributed by atoms with Crippen LogP contribution in [0.15, 0.2) is 24.3 Å². The van der Waals surface area contributed by atoms with Crippen molar-refractivity contribution in [2.24, 2.45) is 0 Å². The third kappa shape index (κ3) is 5.22. The summed E-state index contributed by atoms with van der Waals surface area (Å²) in [6.45, 7) is 10.4. The summed E-state index contributed by atoms with van der Waals surface area (Å²) in [6.07, 6.45) is 0.200. The molecule has 0 radical (unpaired) electrons. The Bertz CT molecular complexity index is 511. The fourth-order valence-corrected chi connectivity index (χ4v) is 2.89. The van der Waals surface area contributed by atoms with Crippen LogP contribution in [-0.2, 0) is 9.53 Å². The van der Waals surface area contributed by atoms with Gasteiger partial charge in [-0.05, 0) is 45.4 Å². The van der Waals surface area contributed by atoms with Crippen LogP contribution in [0.4, 0.5) is 0 Å². The van der Waals surface area contributed by atoms with Gasteiger partial charge < -0.3 is 19.7 Å². The summed E-state index contributed by atoms with van der Waals surface area (Å²) < 4.78 is 11.2. The highest BCUT2D eigenvalue weighted by molar-refractivity contribution is 5.78. The maximum atomic E-state index is 12.4. The predicted molar refractivity (Wildman–Crippen MR) is 90.6 cm³/mol. The lowest BCUT2D eigenvalue weighted by Crippen LogP contribution is -2.50. The van der Waals surface area contributed by atoms with E-state index in [0.717, 1.165) is 11.3 Å². The summed E-state index contributed by atoms with van der Waals surface area (Å²) in [5.74, 6) is 0.987. The van der Waals surface area contributed by atoms with Crippen LogP contribution in [0, 0.1) is 0 Å². The number of nitrogens with zero attached hydrogens (tertiary/aromatic N) is 1. The highest BCUT2D eigenvalue weighted by Crippen LogP contribution is 2.19. The van der Waals surface area contributed by atoms with Crippen LogP contribution >= 0.6 is 0 Å². The first-order valence-electron chi connectivity index (χ1n) is 8.39. The molecule has 1 N–H and O–H groups in total. The molecule has 23 heavy (non-hydrogen) atoms. The summed E-state index contributed by atoms with van der Waals surface area (Å²) in [7, 11) is 0. The van der Waals surface area contributed by atoms with Gasteiger partial charge in [-0.15, -0.1) is 0 Å². The lowest BCUT2D eigenvalue weighted by atomic mass is 10.1. The molecule has 0 bridgehead atoms. The first-order chi connectivity index (χ1) is 11.0. The van der Waals surface area contributed by atoms with E-state index in [1.54, 1.807) is 0 Å². The van der Waals surface area contributed by atoms with E-state index < -0.39 is 0 Å². The summed E-state index contributed by atoms with van der Waals surface area (Å²) in [6, 6.07) is 8.08. The molecule has 0 aromatic heterocycles. The molecule has 3 atom stereocenters. The molecule has 1 amide bonds. The average molecular weight is 320 g/mol. The molecular weight excluding hydrogens is 292 g/mol. The quantitative estimate of drug-likeness (QED) is 0.874. The molecule has 1 aromatic rings. The number of carbonyl (C=O) groups is 1. The third-order valence-corrected chi connectivity index (χ3v) is 4.00. The van der Waals surface area contributed by atoms with Gasteiger partial charge in [-0.3, -0.25) is 4.79 Å². The molecule has 0 spiro atoms. The van der Waals surface area contributed by atoms with Gasteiger partial charge in [0.25, 0.3) is 0 Å². The molecule has 128 valence electrons. The predicted octanol–water partition coefficient (Wildman–Crippen LogP) is 2.37. The first kappa shape index (κ1) is 17.8. The van der Waals surface area contributed by atoms with Crippen LogP contribution in [0.1, 0.15) is 39.3 Å². The van der Waals surface area contributed by atoms with Crippen molar-refractivity contribution < 1.29 is 14.3 Å². The monoisotopic (exact) mass is 320 g/mol. The topological polar surface area (TPSA) is 50.8 Å². The van der Waals surface area contributed by atoms with E-state index in [4.69, 9.17) is 9.47 Å². The Labute approximate surface area is 139 Å². The SMILES string of the molecule is CCOc1cccc([C@H](C)NCC(=O)N2C[C@@H](C)O[C@H](C)C2)c1. The van der Waals surface area contributed by atoms with E-state index in [1.807, 2.05) is 49.9 Å². The summed E-state index contributed by atoms with van der Waals surface area (Å²) in [5.41, 5.74) is 1.12. The normalized spacial score (nSPS) is 22.7. The minimum Gasteiger partial charge on any atom is -0.494 e. The Morgan fingerprint density at radius 2 is 2.09 bits per heavy atom. The molecule has 1 aromatic carbocycles. The van der Waals surface area contributed by atoms with Gasteiger partial charge in [-0.2, -0.15) is 0 Å². The first-order valence-corrected chi connectivity index (χ1v) is 8.39. The Hall–Kier alpha value is -1.59. The van der Waals surface area contributed by atoms with E-state index in [1.165, 1.54) is 0 Å². The maximum absolute atomic E-state index is 12.4. The second-order valence-electron chi connectivity index (χ2n) is 6.16. The van der Waals surface area contributed by atoms with Crippen LogP contribution in [0.25, 0.3) is 0 Å². The number of ether oxygens (including phenoxy) is 2. The Balaban J connectivity index is 1.87. The second-order valence-corrected chi connectivity index (χ2v) is 6.16. The summed E-state index contributed by atoms with van der Waals surface area (Å²) in [5, 5.41) is 3.31. The molecule has 2 rings (SSSR count). The van der Waals surface area contributed by atoms with Crippen molar-refractivity contribution in [3.8, 4) is 5.75 Å². The molecule has 0 unspecified atom stereocenters. The number of amides is 1. The van der Waals surface area contributed by atoms with Crippen molar-refractivity contribution in [3.05, 3.63) is 29.8 Å². The number of rotatable bonds is 6.